The average molecular weight is 528 g/mol. The van der Waals surface area contributed by atoms with E-state index in [1.807, 2.05) is 48.5 Å². The van der Waals surface area contributed by atoms with Crippen molar-refractivity contribution in [3.05, 3.63) is 72.7 Å². The quantitative estimate of drug-likeness (QED) is 0.232. The number of carbonyl (C=O) groups is 3. The Morgan fingerprint density at radius 1 is 1.11 bits per heavy atom. The minimum absolute atomic E-state index is 0.240. The van der Waals surface area contributed by atoms with Crippen LogP contribution in [0.5, 0.6) is 0 Å². The third kappa shape index (κ3) is 5.37. The van der Waals surface area contributed by atoms with Gasteiger partial charge in [-0.15, -0.1) is 11.3 Å². The number of thiophene rings is 1. The van der Waals surface area contributed by atoms with Gasteiger partial charge in [0.25, 0.3) is 5.91 Å². The number of carbonyl (C=O) groups excluding carboxylic acids is 3. The normalized spacial score (nSPS) is 14.7. The summed E-state index contributed by atoms with van der Waals surface area (Å²) in [4.78, 5) is 51.8. The van der Waals surface area contributed by atoms with Crippen LogP contribution in [0.15, 0.2) is 67.0 Å². The first kappa shape index (κ1) is 25.0. The summed E-state index contributed by atoms with van der Waals surface area (Å²) in [6.07, 6.45) is 6.47. The maximum absolute atomic E-state index is 12.3. The third-order valence-electron chi connectivity index (χ3n) is 6.10. The van der Waals surface area contributed by atoms with Crippen molar-refractivity contribution in [1.29, 1.82) is 0 Å². The van der Waals surface area contributed by atoms with Gasteiger partial charge in [-0.2, -0.15) is 0 Å². The van der Waals surface area contributed by atoms with Crippen molar-refractivity contribution >= 4 is 57.0 Å². The van der Waals surface area contributed by atoms with E-state index >= 15 is 0 Å². The third-order valence-corrected chi connectivity index (χ3v) is 7.24. The van der Waals surface area contributed by atoms with Gasteiger partial charge in [0, 0.05) is 41.9 Å². The molecule has 10 nitrogen and oxygen atoms in total. The largest absolute Gasteiger partial charge is 0.352 e. The molecule has 4 aromatic rings. The van der Waals surface area contributed by atoms with Crippen molar-refractivity contribution in [2.45, 2.75) is 19.4 Å². The van der Waals surface area contributed by atoms with Crippen LogP contribution in [-0.2, 0) is 9.59 Å². The van der Waals surface area contributed by atoms with Crippen LogP contribution < -0.4 is 16.0 Å². The number of amides is 4. The van der Waals surface area contributed by atoms with Gasteiger partial charge in [-0.05, 0) is 67.8 Å². The van der Waals surface area contributed by atoms with Crippen molar-refractivity contribution in [1.82, 2.24) is 25.2 Å². The fourth-order valence-electron chi connectivity index (χ4n) is 4.00. The SMILES string of the molecule is CC1(C)C(=O)NC(=O)N1CCNc1nccc(-c2cc3cc(NC(=O)C=Cc4ccccn4)ccc3s2)n1. The highest BCUT2D eigenvalue weighted by Gasteiger charge is 2.45. The lowest BCUT2D eigenvalue weighted by Gasteiger charge is -2.27. The Morgan fingerprint density at radius 2 is 1.97 bits per heavy atom. The minimum atomic E-state index is -0.897. The van der Waals surface area contributed by atoms with Gasteiger partial charge in [-0.3, -0.25) is 19.9 Å². The first-order valence-electron chi connectivity index (χ1n) is 11.9. The van der Waals surface area contributed by atoms with Crippen LogP contribution in [-0.4, -0.2) is 56.3 Å². The van der Waals surface area contributed by atoms with E-state index in [1.165, 1.54) is 11.0 Å². The highest BCUT2D eigenvalue weighted by atomic mass is 32.1. The van der Waals surface area contributed by atoms with Crippen LogP contribution in [0.2, 0.25) is 0 Å². The van der Waals surface area contributed by atoms with E-state index in [4.69, 9.17) is 0 Å². The molecule has 0 saturated carbocycles. The Hall–Kier alpha value is -4.64. The molecular weight excluding hydrogens is 502 g/mol. The summed E-state index contributed by atoms with van der Waals surface area (Å²) in [7, 11) is 0. The fraction of sp³-hybridized carbons (Fsp3) is 0.185. The molecule has 1 aliphatic heterocycles. The van der Waals surface area contributed by atoms with Crippen LogP contribution in [0.4, 0.5) is 16.4 Å². The van der Waals surface area contributed by atoms with E-state index in [9.17, 15) is 14.4 Å². The number of hydrogen-bond donors (Lipinski definition) is 3. The topological polar surface area (TPSA) is 129 Å². The molecule has 4 heterocycles. The molecule has 1 saturated heterocycles. The summed E-state index contributed by atoms with van der Waals surface area (Å²) >= 11 is 1.59. The number of pyridine rings is 1. The zero-order chi connectivity index (χ0) is 26.7. The molecule has 0 atom stereocenters. The van der Waals surface area contributed by atoms with Gasteiger partial charge in [0.2, 0.25) is 11.9 Å². The molecule has 0 bridgehead atoms. The van der Waals surface area contributed by atoms with E-state index in [2.05, 4.69) is 30.9 Å². The molecule has 0 radical (unpaired) electrons. The van der Waals surface area contributed by atoms with E-state index in [0.29, 0.717) is 30.4 Å². The number of rotatable bonds is 8. The molecule has 1 aromatic carbocycles. The smallest absolute Gasteiger partial charge is 0.325 e. The van der Waals surface area contributed by atoms with Crippen molar-refractivity contribution < 1.29 is 14.4 Å². The number of aromatic nitrogens is 3. The number of nitrogens with one attached hydrogen (secondary N) is 3. The second-order valence-corrected chi connectivity index (χ2v) is 10.2. The first-order chi connectivity index (χ1) is 18.3. The molecule has 0 aliphatic carbocycles. The standard InChI is InChI=1S/C27H25N7O3S/c1-27(2)24(36)33-26(37)34(27)14-13-30-25-29-12-10-20(32-25)22-16-17-15-19(6-8-21(17)38-22)31-23(35)9-7-18-5-3-4-11-28-18/h3-12,15-16H,13-14H2,1-2H3,(H,31,35)(H,29,30,32)(H,33,36,37). The number of fused-ring (bicyclic) bond motifs is 1. The summed E-state index contributed by atoms with van der Waals surface area (Å²) in [5.41, 5.74) is 1.25. The van der Waals surface area contributed by atoms with Gasteiger partial charge < -0.3 is 15.5 Å². The highest BCUT2D eigenvalue weighted by Crippen LogP contribution is 2.34. The van der Waals surface area contributed by atoms with Gasteiger partial charge in [0.15, 0.2) is 0 Å². The summed E-state index contributed by atoms with van der Waals surface area (Å²) in [5, 5.41) is 9.34. The highest BCUT2D eigenvalue weighted by molar-refractivity contribution is 7.22. The molecule has 4 amide bonds. The predicted octanol–water partition coefficient (Wildman–Crippen LogP) is 4.15. The maximum atomic E-state index is 12.3. The number of nitrogens with zero attached hydrogens (tertiary/aromatic N) is 4. The molecule has 1 fully saturated rings. The lowest BCUT2D eigenvalue weighted by atomic mass is 10.0. The number of benzene rings is 1. The number of anilines is 2. The zero-order valence-electron chi connectivity index (χ0n) is 20.8. The average Bonchev–Trinajstić information content (AvgIpc) is 3.41. The molecule has 0 unspecified atom stereocenters. The van der Waals surface area contributed by atoms with E-state index in [1.54, 1.807) is 43.7 Å². The molecule has 3 aromatic heterocycles. The lowest BCUT2D eigenvalue weighted by molar-refractivity contribution is -0.125. The summed E-state index contributed by atoms with van der Waals surface area (Å²) < 4.78 is 1.06. The van der Waals surface area contributed by atoms with Gasteiger partial charge in [-0.1, -0.05) is 6.07 Å². The number of hydrogen-bond acceptors (Lipinski definition) is 8. The number of imide groups is 1. The van der Waals surface area contributed by atoms with Crippen LogP contribution in [0.3, 0.4) is 0 Å². The van der Waals surface area contributed by atoms with Crippen molar-refractivity contribution in [2.24, 2.45) is 0 Å². The minimum Gasteiger partial charge on any atom is -0.352 e. The van der Waals surface area contributed by atoms with E-state index in [-0.39, 0.29) is 11.8 Å². The molecule has 5 rings (SSSR count). The predicted molar refractivity (Wildman–Crippen MR) is 148 cm³/mol. The zero-order valence-corrected chi connectivity index (χ0v) is 21.6. The first-order valence-corrected chi connectivity index (χ1v) is 12.8. The maximum Gasteiger partial charge on any atom is 0.325 e. The molecule has 3 N–H and O–H groups in total. The van der Waals surface area contributed by atoms with Crippen molar-refractivity contribution in [3.8, 4) is 10.6 Å². The fourth-order valence-corrected chi connectivity index (χ4v) is 5.02. The molecule has 192 valence electrons. The van der Waals surface area contributed by atoms with Crippen LogP contribution in [0, 0.1) is 0 Å². The molecule has 38 heavy (non-hydrogen) atoms. The molecule has 0 spiro atoms. The monoisotopic (exact) mass is 527 g/mol. The van der Waals surface area contributed by atoms with Crippen LogP contribution >= 0.6 is 11.3 Å². The second kappa shape index (κ2) is 10.4. The Labute approximate surface area is 222 Å². The van der Waals surface area contributed by atoms with Crippen LogP contribution in [0.25, 0.3) is 26.7 Å². The van der Waals surface area contributed by atoms with Gasteiger partial charge in [0.05, 0.1) is 16.3 Å². The Kier molecular flexibility index (Phi) is 6.84. The Balaban J connectivity index is 1.24. The summed E-state index contributed by atoms with van der Waals surface area (Å²) in [6, 6.07) is 14.7. The van der Waals surface area contributed by atoms with E-state index < -0.39 is 11.6 Å². The van der Waals surface area contributed by atoms with E-state index in [0.717, 1.165) is 20.7 Å². The molecule has 11 heteroatoms. The van der Waals surface area contributed by atoms with Gasteiger partial charge in [-0.25, -0.2) is 14.8 Å². The Bertz CT molecular complexity index is 1550. The van der Waals surface area contributed by atoms with Crippen molar-refractivity contribution in [2.75, 3.05) is 23.7 Å². The van der Waals surface area contributed by atoms with Gasteiger partial charge >= 0.3 is 6.03 Å². The van der Waals surface area contributed by atoms with Crippen molar-refractivity contribution in [3.63, 3.8) is 0 Å². The summed E-state index contributed by atoms with van der Waals surface area (Å²) in [5.74, 6) is -0.123. The molecular formula is C27H25N7O3S. The Morgan fingerprint density at radius 3 is 2.74 bits per heavy atom. The molecule has 1 aliphatic rings. The number of urea groups is 1. The van der Waals surface area contributed by atoms with Crippen LogP contribution in [0.1, 0.15) is 19.5 Å². The van der Waals surface area contributed by atoms with Gasteiger partial charge in [0.1, 0.15) is 5.54 Å². The summed E-state index contributed by atoms with van der Waals surface area (Å²) in [6.45, 7) is 4.13. The second-order valence-electron chi connectivity index (χ2n) is 9.10. The lowest BCUT2D eigenvalue weighted by Crippen LogP contribution is -2.46.